The number of hydrogen-bond acceptors (Lipinski definition) is 4. The zero-order valence-corrected chi connectivity index (χ0v) is 22.4. The van der Waals surface area contributed by atoms with Gasteiger partial charge in [0, 0.05) is 10.8 Å². The molecule has 0 saturated carbocycles. The molecule has 40 heavy (non-hydrogen) atoms. The van der Waals surface area contributed by atoms with E-state index in [9.17, 15) is 9.59 Å². The molecule has 2 heterocycles. The zero-order chi connectivity index (χ0) is 27.6. The van der Waals surface area contributed by atoms with E-state index in [4.69, 9.17) is 8.83 Å². The molecule has 0 saturated heterocycles. The average Bonchev–Trinajstić information content (AvgIpc) is 2.95. The monoisotopic (exact) mass is 522 g/mol. The van der Waals surface area contributed by atoms with Crippen molar-refractivity contribution in [3.63, 3.8) is 0 Å². The van der Waals surface area contributed by atoms with Gasteiger partial charge in [-0.15, -0.1) is 0 Å². The van der Waals surface area contributed by atoms with Crippen molar-refractivity contribution >= 4 is 43.5 Å². The average molecular weight is 523 g/mol. The Balaban J connectivity index is 1.46. The summed E-state index contributed by atoms with van der Waals surface area (Å²) in [6, 6.07) is 33.2. The summed E-state index contributed by atoms with van der Waals surface area (Å²) in [5.41, 5.74) is 4.04. The molecule has 7 aromatic rings. The Hall–Kier alpha value is -4.96. The highest BCUT2D eigenvalue weighted by Gasteiger charge is 2.18. The smallest absolute Gasteiger partial charge is 0.344 e. The fourth-order valence-electron chi connectivity index (χ4n) is 5.60. The molecule has 4 heteroatoms. The van der Waals surface area contributed by atoms with Gasteiger partial charge in [0.1, 0.15) is 11.2 Å². The fourth-order valence-corrected chi connectivity index (χ4v) is 5.60. The molecule has 194 valence electrons. The van der Waals surface area contributed by atoms with Crippen molar-refractivity contribution in [3.05, 3.63) is 130 Å². The van der Waals surface area contributed by atoms with Gasteiger partial charge in [-0.2, -0.15) is 0 Å². The summed E-state index contributed by atoms with van der Waals surface area (Å²) in [7, 11) is 0. The second-order valence-electron chi connectivity index (χ2n) is 11.3. The molecule has 0 amide bonds. The largest absolute Gasteiger partial charge is 0.422 e. The van der Waals surface area contributed by atoms with Crippen molar-refractivity contribution in [1.29, 1.82) is 0 Å². The van der Waals surface area contributed by atoms with Crippen molar-refractivity contribution < 1.29 is 8.83 Å². The first-order chi connectivity index (χ1) is 19.3. The molecule has 0 unspecified atom stereocenters. The molecule has 4 nitrogen and oxygen atoms in total. The number of fused-ring (bicyclic) bond motifs is 5. The van der Waals surface area contributed by atoms with Crippen molar-refractivity contribution in [2.45, 2.75) is 26.2 Å². The van der Waals surface area contributed by atoms with Crippen LogP contribution in [0.3, 0.4) is 0 Å². The molecule has 7 rings (SSSR count). The molecule has 0 N–H and O–H groups in total. The van der Waals surface area contributed by atoms with Crippen LogP contribution in [0, 0.1) is 0 Å². The van der Waals surface area contributed by atoms with E-state index in [2.05, 4.69) is 39.0 Å². The van der Waals surface area contributed by atoms with Gasteiger partial charge in [-0.3, -0.25) is 0 Å². The second kappa shape index (κ2) is 8.78. The van der Waals surface area contributed by atoms with Gasteiger partial charge in [0.05, 0.1) is 11.1 Å². The van der Waals surface area contributed by atoms with Gasteiger partial charge in [0.2, 0.25) is 0 Å². The van der Waals surface area contributed by atoms with Crippen LogP contribution in [-0.2, 0) is 5.41 Å². The molecule has 0 atom stereocenters. The Morgan fingerprint density at radius 1 is 0.475 bits per heavy atom. The van der Waals surface area contributed by atoms with E-state index in [0.717, 1.165) is 43.4 Å². The maximum absolute atomic E-state index is 13.3. The number of hydrogen-bond donors (Lipinski definition) is 0. The predicted molar refractivity (Wildman–Crippen MR) is 163 cm³/mol. The van der Waals surface area contributed by atoms with Crippen LogP contribution in [0.5, 0.6) is 0 Å². The van der Waals surface area contributed by atoms with E-state index in [1.54, 1.807) is 6.07 Å². The Morgan fingerprint density at radius 3 is 1.80 bits per heavy atom. The van der Waals surface area contributed by atoms with Gasteiger partial charge in [-0.05, 0) is 67.9 Å². The highest BCUT2D eigenvalue weighted by molar-refractivity contribution is 6.09. The minimum Gasteiger partial charge on any atom is -0.422 e. The van der Waals surface area contributed by atoms with Gasteiger partial charge in [0.15, 0.2) is 0 Å². The lowest BCUT2D eigenvalue weighted by molar-refractivity contribution is 0.563. The Morgan fingerprint density at radius 2 is 1.10 bits per heavy atom. The minimum absolute atomic E-state index is 0.0283. The van der Waals surface area contributed by atoms with E-state index in [0.29, 0.717) is 22.3 Å². The lowest BCUT2D eigenvalue weighted by Crippen LogP contribution is -2.10. The van der Waals surface area contributed by atoms with Crippen LogP contribution in [0.1, 0.15) is 26.3 Å². The molecule has 0 spiro atoms. The maximum Gasteiger partial charge on any atom is 0.344 e. The lowest BCUT2D eigenvalue weighted by Gasteiger charge is -2.19. The molecular formula is C36H26O4. The molecule has 0 aliphatic rings. The molecule has 0 aliphatic heterocycles. The quantitative estimate of drug-likeness (QED) is 0.168. The molecule has 0 radical (unpaired) electrons. The van der Waals surface area contributed by atoms with E-state index < -0.39 is 11.3 Å². The topological polar surface area (TPSA) is 60.4 Å². The van der Waals surface area contributed by atoms with Gasteiger partial charge >= 0.3 is 11.3 Å². The first-order valence-electron chi connectivity index (χ1n) is 13.3. The molecule has 0 bridgehead atoms. The van der Waals surface area contributed by atoms with Crippen molar-refractivity contribution in [1.82, 2.24) is 0 Å². The molecular weight excluding hydrogens is 496 g/mol. The molecule has 2 aromatic heterocycles. The predicted octanol–water partition coefficient (Wildman–Crippen LogP) is 8.84. The first kappa shape index (κ1) is 24.1. The Kier molecular flexibility index (Phi) is 5.29. The van der Waals surface area contributed by atoms with Gasteiger partial charge in [0.25, 0.3) is 0 Å². The third kappa shape index (κ3) is 3.84. The summed E-state index contributed by atoms with van der Waals surface area (Å²) in [5.74, 6) is 0. The summed E-state index contributed by atoms with van der Waals surface area (Å²) in [4.78, 5) is 26.3. The summed E-state index contributed by atoms with van der Waals surface area (Å²) >= 11 is 0. The first-order valence-corrected chi connectivity index (χ1v) is 13.3. The van der Waals surface area contributed by atoms with Crippen LogP contribution in [0.2, 0.25) is 0 Å². The summed E-state index contributed by atoms with van der Waals surface area (Å²) in [5, 5.41) is 5.58. The van der Waals surface area contributed by atoms with Crippen molar-refractivity contribution in [2.75, 3.05) is 0 Å². The van der Waals surface area contributed by atoms with E-state index in [1.807, 2.05) is 78.9 Å². The third-order valence-corrected chi connectivity index (χ3v) is 7.74. The zero-order valence-electron chi connectivity index (χ0n) is 22.4. The highest BCUT2D eigenvalue weighted by Crippen LogP contribution is 2.37. The van der Waals surface area contributed by atoms with Gasteiger partial charge in [-0.1, -0.05) is 99.6 Å². The van der Waals surface area contributed by atoms with E-state index in [1.165, 1.54) is 5.56 Å². The molecule has 5 aromatic carbocycles. The van der Waals surface area contributed by atoms with Crippen LogP contribution < -0.4 is 11.3 Å². The van der Waals surface area contributed by atoms with Crippen LogP contribution in [-0.4, -0.2) is 0 Å². The minimum atomic E-state index is -0.402. The Labute approximate surface area is 230 Å². The standard InChI is InChI=1S/C36H26O4/c1-36(2,3)23-13-14-24-21(18-23)12-17-33-29(24)20-31(35(38)40-33)28-16-15-27(25-9-5-6-10-26(25)28)30-19-22-8-4-7-11-32(22)39-34(30)37/h4-20H,1-3H3. The van der Waals surface area contributed by atoms with Crippen LogP contribution in [0.15, 0.2) is 122 Å². The SMILES string of the molecule is CC(C)(C)c1ccc2c(ccc3oc(=O)c(-c4ccc(-c5cc6ccccc6oc5=O)c5ccccc45)cc32)c1. The summed E-state index contributed by atoms with van der Waals surface area (Å²) < 4.78 is 11.5. The summed E-state index contributed by atoms with van der Waals surface area (Å²) in [6.45, 7) is 6.59. The van der Waals surface area contributed by atoms with Crippen LogP contribution >= 0.6 is 0 Å². The van der Waals surface area contributed by atoms with Crippen LogP contribution in [0.4, 0.5) is 0 Å². The maximum atomic E-state index is 13.3. The summed E-state index contributed by atoms with van der Waals surface area (Å²) in [6.07, 6.45) is 0. The van der Waals surface area contributed by atoms with E-state index >= 15 is 0 Å². The van der Waals surface area contributed by atoms with Crippen molar-refractivity contribution in [3.8, 4) is 22.3 Å². The number of para-hydroxylation sites is 1. The van der Waals surface area contributed by atoms with Gasteiger partial charge in [-0.25, -0.2) is 9.59 Å². The third-order valence-electron chi connectivity index (χ3n) is 7.74. The van der Waals surface area contributed by atoms with Crippen LogP contribution in [0.25, 0.3) is 65.7 Å². The van der Waals surface area contributed by atoms with Crippen molar-refractivity contribution in [2.24, 2.45) is 0 Å². The van der Waals surface area contributed by atoms with E-state index in [-0.39, 0.29) is 5.41 Å². The number of benzene rings is 5. The number of rotatable bonds is 2. The second-order valence-corrected chi connectivity index (χ2v) is 11.3. The van der Waals surface area contributed by atoms with Gasteiger partial charge < -0.3 is 8.83 Å². The Bertz CT molecular complexity index is 2240. The normalized spacial score (nSPS) is 12.1. The highest BCUT2D eigenvalue weighted by atomic mass is 16.4. The molecule has 0 fully saturated rings. The fraction of sp³-hybridized carbons (Fsp3) is 0.111. The lowest BCUT2D eigenvalue weighted by atomic mass is 9.85. The molecule has 0 aliphatic carbocycles.